The van der Waals surface area contributed by atoms with E-state index < -0.39 is 9.84 Å². The summed E-state index contributed by atoms with van der Waals surface area (Å²) in [5, 5.41) is 9.98. The van der Waals surface area contributed by atoms with Crippen LogP contribution in [0.1, 0.15) is 5.56 Å². The Morgan fingerprint density at radius 1 is 1.20 bits per heavy atom. The molecule has 1 aromatic carbocycles. The standard InChI is InChI=1S/C17H22N4O3S/c18-13-11-19-14-1-2-15-12(3-10-25(15,23)24)16(14)17(13)21-6-4-20(5-7-21)8-9-22/h1-2,11,22H,3-10,18H2. The normalized spacial score (nSPS) is 20.1. The van der Waals surface area contributed by atoms with Crippen molar-refractivity contribution in [3.63, 3.8) is 0 Å². The first kappa shape index (κ1) is 16.6. The van der Waals surface area contributed by atoms with E-state index in [1.165, 1.54) is 0 Å². The molecule has 8 heteroatoms. The van der Waals surface area contributed by atoms with Crippen LogP contribution in [0.3, 0.4) is 0 Å². The van der Waals surface area contributed by atoms with Crippen LogP contribution in [0.2, 0.25) is 0 Å². The Morgan fingerprint density at radius 3 is 2.68 bits per heavy atom. The largest absolute Gasteiger partial charge is 0.396 e. The SMILES string of the molecule is Nc1cnc2ccc3c(c2c1N1CCN(CCO)CC1)CCS3(=O)=O. The molecule has 0 radical (unpaired) electrons. The number of pyridine rings is 1. The van der Waals surface area contributed by atoms with Gasteiger partial charge in [0.2, 0.25) is 0 Å². The number of benzene rings is 1. The number of nitrogens with zero attached hydrogens (tertiary/aromatic N) is 3. The minimum Gasteiger partial charge on any atom is -0.396 e. The zero-order valence-corrected chi connectivity index (χ0v) is 14.8. The molecular weight excluding hydrogens is 340 g/mol. The van der Waals surface area contributed by atoms with Crippen LogP contribution in [-0.2, 0) is 16.3 Å². The molecule has 0 aliphatic carbocycles. The number of nitrogen functional groups attached to an aromatic ring is 1. The fourth-order valence-electron chi connectivity index (χ4n) is 3.90. The zero-order chi connectivity index (χ0) is 17.6. The second kappa shape index (κ2) is 6.12. The third kappa shape index (κ3) is 2.74. The molecule has 0 bridgehead atoms. The van der Waals surface area contributed by atoms with Crippen LogP contribution in [0.5, 0.6) is 0 Å². The lowest BCUT2D eigenvalue weighted by atomic mass is 10.0. The van der Waals surface area contributed by atoms with Crippen LogP contribution in [0, 0.1) is 0 Å². The minimum atomic E-state index is -3.20. The quantitative estimate of drug-likeness (QED) is 0.808. The number of anilines is 2. The van der Waals surface area contributed by atoms with Crippen molar-refractivity contribution in [3.05, 3.63) is 23.9 Å². The lowest BCUT2D eigenvalue weighted by Gasteiger charge is -2.37. The number of sulfone groups is 1. The summed E-state index contributed by atoms with van der Waals surface area (Å²) in [7, 11) is -3.20. The number of aliphatic hydroxyl groups excluding tert-OH is 1. The second-order valence-corrected chi connectivity index (χ2v) is 8.70. The predicted molar refractivity (Wildman–Crippen MR) is 97.7 cm³/mol. The van der Waals surface area contributed by atoms with E-state index in [0.29, 0.717) is 23.5 Å². The van der Waals surface area contributed by atoms with Crippen molar-refractivity contribution in [3.8, 4) is 0 Å². The molecule has 0 amide bonds. The van der Waals surface area contributed by atoms with Gasteiger partial charge in [0, 0.05) is 38.1 Å². The van der Waals surface area contributed by atoms with Crippen LogP contribution < -0.4 is 10.6 Å². The van der Waals surface area contributed by atoms with Gasteiger partial charge in [-0.15, -0.1) is 0 Å². The van der Waals surface area contributed by atoms with Crippen LogP contribution in [0.25, 0.3) is 10.9 Å². The van der Waals surface area contributed by atoms with Crippen molar-refractivity contribution >= 4 is 32.1 Å². The molecule has 4 rings (SSSR count). The summed E-state index contributed by atoms with van der Waals surface area (Å²) >= 11 is 0. The fraction of sp³-hybridized carbons (Fsp3) is 0.471. The maximum absolute atomic E-state index is 12.3. The number of aromatic nitrogens is 1. The van der Waals surface area contributed by atoms with Gasteiger partial charge in [0.15, 0.2) is 9.84 Å². The molecule has 25 heavy (non-hydrogen) atoms. The lowest BCUT2D eigenvalue weighted by molar-refractivity contribution is 0.189. The number of fused-ring (bicyclic) bond motifs is 3. The average Bonchev–Trinajstić information content (AvgIpc) is 2.91. The monoisotopic (exact) mass is 362 g/mol. The van der Waals surface area contributed by atoms with Gasteiger partial charge in [0.1, 0.15) is 0 Å². The highest BCUT2D eigenvalue weighted by Gasteiger charge is 2.30. The molecule has 2 aliphatic heterocycles. The summed E-state index contributed by atoms with van der Waals surface area (Å²) in [6, 6.07) is 3.45. The van der Waals surface area contributed by atoms with Gasteiger partial charge in [0.25, 0.3) is 0 Å². The van der Waals surface area contributed by atoms with Gasteiger partial charge in [-0.25, -0.2) is 8.42 Å². The molecule has 0 unspecified atom stereocenters. The van der Waals surface area contributed by atoms with Crippen molar-refractivity contribution in [1.29, 1.82) is 0 Å². The first-order chi connectivity index (χ1) is 12.0. The van der Waals surface area contributed by atoms with Crippen LogP contribution in [-0.4, -0.2) is 68.5 Å². The first-order valence-corrected chi connectivity index (χ1v) is 10.2. The Bertz CT molecular complexity index is 921. The molecule has 3 N–H and O–H groups in total. The minimum absolute atomic E-state index is 0.153. The van der Waals surface area contributed by atoms with Crippen LogP contribution in [0.4, 0.5) is 11.4 Å². The highest BCUT2D eigenvalue weighted by molar-refractivity contribution is 7.91. The number of aryl methyl sites for hydroxylation is 1. The van der Waals surface area contributed by atoms with Gasteiger partial charge in [-0.3, -0.25) is 9.88 Å². The topological polar surface area (TPSA) is 99.8 Å². The summed E-state index contributed by atoms with van der Waals surface area (Å²) < 4.78 is 24.6. The average molecular weight is 362 g/mol. The van der Waals surface area contributed by atoms with E-state index in [2.05, 4.69) is 14.8 Å². The summed E-state index contributed by atoms with van der Waals surface area (Å²) in [5.41, 5.74) is 9.40. The smallest absolute Gasteiger partial charge is 0.179 e. The molecule has 2 aromatic rings. The number of aliphatic hydroxyl groups is 1. The van der Waals surface area contributed by atoms with Crippen molar-refractivity contribution in [2.75, 3.05) is 55.7 Å². The molecule has 3 heterocycles. The molecule has 2 aliphatic rings. The molecule has 0 atom stereocenters. The van der Waals surface area contributed by atoms with Gasteiger partial charge < -0.3 is 15.7 Å². The van der Waals surface area contributed by atoms with Crippen molar-refractivity contribution in [2.24, 2.45) is 0 Å². The van der Waals surface area contributed by atoms with E-state index in [1.807, 2.05) is 0 Å². The van der Waals surface area contributed by atoms with E-state index in [4.69, 9.17) is 10.8 Å². The Hall–Kier alpha value is -1.90. The summed E-state index contributed by atoms with van der Waals surface area (Å²) in [5.74, 6) is 0.153. The molecule has 1 fully saturated rings. The van der Waals surface area contributed by atoms with Crippen molar-refractivity contribution in [2.45, 2.75) is 11.3 Å². The molecule has 1 aromatic heterocycles. The third-order valence-corrected chi connectivity index (χ3v) is 6.96. The van der Waals surface area contributed by atoms with E-state index in [9.17, 15) is 8.42 Å². The summed E-state index contributed by atoms with van der Waals surface area (Å²) in [6.07, 6.45) is 2.17. The van der Waals surface area contributed by atoms with Gasteiger partial charge in [-0.1, -0.05) is 0 Å². The maximum Gasteiger partial charge on any atom is 0.179 e. The Kier molecular flexibility index (Phi) is 4.05. The number of rotatable bonds is 3. The number of nitrogens with two attached hydrogens (primary N) is 1. The summed E-state index contributed by atoms with van der Waals surface area (Å²) in [6.45, 7) is 4.10. The number of β-amino-alcohol motifs (C(OH)–C–C–N with tert-alkyl or cyclic N) is 1. The number of piperazine rings is 1. The van der Waals surface area contributed by atoms with Gasteiger partial charge in [-0.05, 0) is 24.1 Å². The molecule has 1 saturated heterocycles. The molecule has 0 spiro atoms. The van der Waals surface area contributed by atoms with E-state index >= 15 is 0 Å². The van der Waals surface area contributed by atoms with Gasteiger partial charge in [0.05, 0.1) is 40.3 Å². The molecule has 0 saturated carbocycles. The fourth-order valence-corrected chi connectivity index (χ4v) is 5.44. The number of hydrogen-bond donors (Lipinski definition) is 2. The Labute approximate surface area is 147 Å². The molecule has 134 valence electrons. The Balaban J connectivity index is 1.82. The highest BCUT2D eigenvalue weighted by atomic mass is 32.2. The molecule has 7 nitrogen and oxygen atoms in total. The van der Waals surface area contributed by atoms with E-state index in [-0.39, 0.29) is 12.4 Å². The molecular formula is C17H22N4O3S. The lowest BCUT2D eigenvalue weighted by Crippen LogP contribution is -2.47. The predicted octanol–water partition coefficient (Wildman–Crippen LogP) is 0.261. The van der Waals surface area contributed by atoms with E-state index in [1.54, 1.807) is 18.3 Å². The maximum atomic E-state index is 12.3. The van der Waals surface area contributed by atoms with Crippen LogP contribution >= 0.6 is 0 Å². The third-order valence-electron chi connectivity index (χ3n) is 5.16. The Morgan fingerprint density at radius 2 is 1.96 bits per heavy atom. The highest BCUT2D eigenvalue weighted by Crippen LogP contribution is 2.40. The second-order valence-electron chi connectivity index (χ2n) is 6.62. The number of hydrogen-bond acceptors (Lipinski definition) is 7. The first-order valence-electron chi connectivity index (χ1n) is 8.52. The van der Waals surface area contributed by atoms with Crippen molar-refractivity contribution in [1.82, 2.24) is 9.88 Å². The van der Waals surface area contributed by atoms with Crippen LogP contribution in [0.15, 0.2) is 23.2 Å². The summed E-state index contributed by atoms with van der Waals surface area (Å²) in [4.78, 5) is 9.27. The van der Waals surface area contributed by atoms with E-state index in [0.717, 1.165) is 48.3 Å². The van der Waals surface area contributed by atoms with Gasteiger partial charge in [-0.2, -0.15) is 0 Å². The van der Waals surface area contributed by atoms with Gasteiger partial charge >= 0.3 is 0 Å². The zero-order valence-electron chi connectivity index (χ0n) is 14.0. The van der Waals surface area contributed by atoms with Crippen molar-refractivity contribution < 1.29 is 13.5 Å².